The van der Waals surface area contributed by atoms with E-state index in [-0.39, 0.29) is 22.6 Å². The average molecular weight is 514 g/mol. The Morgan fingerprint density at radius 2 is 1.56 bits per heavy atom. The molecule has 2 aromatic carbocycles. The summed E-state index contributed by atoms with van der Waals surface area (Å²) in [5.74, 6) is 0.479. The lowest BCUT2D eigenvalue weighted by Crippen LogP contribution is -2.35. The maximum absolute atomic E-state index is 13.0. The number of hydrogen-bond acceptors (Lipinski definition) is 3. The number of hydrogen-bond donors (Lipinski definition) is 1. The molecule has 0 atom stereocenters. The summed E-state index contributed by atoms with van der Waals surface area (Å²) in [5, 5.41) is 3.13. The third kappa shape index (κ3) is 6.07. The van der Waals surface area contributed by atoms with Gasteiger partial charge in [-0.15, -0.1) is 0 Å². The van der Waals surface area contributed by atoms with E-state index in [0.717, 1.165) is 31.4 Å². The Kier molecular flexibility index (Phi) is 6.46. The van der Waals surface area contributed by atoms with Crippen molar-refractivity contribution in [3.63, 3.8) is 0 Å². The van der Waals surface area contributed by atoms with Crippen LogP contribution in [0.2, 0.25) is 0 Å². The summed E-state index contributed by atoms with van der Waals surface area (Å²) in [6.07, 6.45) is -6.31. The molecule has 1 fully saturated rings. The molecule has 1 aliphatic rings. The van der Waals surface area contributed by atoms with Crippen LogP contribution >= 0.6 is 0 Å². The number of rotatable bonds is 5. The summed E-state index contributed by atoms with van der Waals surface area (Å²) in [7, 11) is 0. The van der Waals surface area contributed by atoms with Gasteiger partial charge in [-0.3, -0.25) is 0 Å². The first-order valence-corrected chi connectivity index (χ1v) is 11.7. The minimum atomic E-state index is -4.47. The van der Waals surface area contributed by atoms with E-state index < -0.39 is 24.5 Å². The average Bonchev–Trinajstić information content (AvgIpc) is 3.06. The fraction of sp³-hybridized carbons (Fsp3) is 0.500. The molecule has 36 heavy (non-hydrogen) atoms. The zero-order chi connectivity index (χ0) is 26.5. The van der Waals surface area contributed by atoms with Gasteiger partial charge in [0.1, 0.15) is 5.75 Å². The van der Waals surface area contributed by atoms with E-state index in [2.05, 4.69) is 38.0 Å². The molecule has 4 nitrogen and oxygen atoms in total. The molecule has 1 aromatic heterocycles. The van der Waals surface area contributed by atoms with Crippen LogP contribution in [0.15, 0.2) is 42.5 Å². The highest BCUT2D eigenvalue weighted by molar-refractivity contribution is 5.81. The number of nitrogens with one attached hydrogen (secondary N) is 1. The maximum atomic E-state index is 13.0. The summed E-state index contributed by atoms with van der Waals surface area (Å²) < 4.78 is 84.1. The maximum Gasteiger partial charge on any atom is 0.422 e. The molecule has 0 unspecified atom stereocenters. The third-order valence-corrected chi connectivity index (χ3v) is 6.43. The molecular weight excluding hydrogens is 484 g/mol. The fourth-order valence-electron chi connectivity index (χ4n) is 5.63. The predicted octanol–water partition coefficient (Wildman–Crippen LogP) is 8.52. The van der Waals surface area contributed by atoms with Crippen LogP contribution in [0.5, 0.6) is 5.75 Å². The van der Waals surface area contributed by atoms with Gasteiger partial charge in [-0.25, -0.2) is 4.98 Å². The number of fused-ring (bicyclic) bond motifs is 1. The molecule has 1 saturated carbocycles. The SMILES string of the molecule is CC1(C)CC(n2c(Nc3ccc(C(F)(F)F)cc3)nc3ccc(OCC(F)(F)F)cc32)CC(C)(C)C1. The summed E-state index contributed by atoms with van der Waals surface area (Å²) in [4.78, 5) is 4.65. The number of anilines is 2. The van der Waals surface area contributed by atoms with Crippen molar-refractivity contribution in [2.75, 3.05) is 11.9 Å². The van der Waals surface area contributed by atoms with Crippen LogP contribution in [-0.2, 0) is 6.18 Å². The van der Waals surface area contributed by atoms with Gasteiger partial charge in [0.05, 0.1) is 16.6 Å². The molecule has 10 heteroatoms. The van der Waals surface area contributed by atoms with Crippen molar-refractivity contribution < 1.29 is 31.1 Å². The van der Waals surface area contributed by atoms with Gasteiger partial charge in [0.2, 0.25) is 5.95 Å². The smallest absolute Gasteiger partial charge is 0.422 e. The van der Waals surface area contributed by atoms with Gasteiger partial charge in [-0.2, -0.15) is 26.3 Å². The van der Waals surface area contributed by atoms with Crippen LogP contribution in [-0.4, -0.2) is 22.3 Å². The Morgan fingerprint density at radius 3 is 2.11 bits per heavy atom. The van der Waals surface area contributed by atoms with Crippen LogP contribution < -0.4 is 10.1 Å². The second-order valence-corrected chi connectivity index (χ2v) is 11.1. The molecular formula is C26H29F6N3O. The Hall–Kier alpha value is -2.91. The van der Waals surface area contributed by atoms with E-state index in [0.29, 0.717) is 22.7 Å². The number of imidazole rings is 1. The normalized spacial score (nSPS) is 18.4. The summed E-state index contributed by atoms with van der Waals surface area (Å²) in [6.45, 7) is 7.32. The molecule has 0 spiro atoms. The molecule has 196 valence electrons. The highest BCUT2D eigenvalue weighted by Crippen LogP contribution is 2.51. The van der Waals surface area contributed by atoms with Crippen molar-refractivity contribution in [1.82, 2.24) is 9.55 Å². The zero-order valence-electron chi connectivity index (χ0n) is 20.5. The fourth-order valence-corrected chi connectivity index (χ4v) is 5.63. The van der Waals surface area contributed by atoms with Gasteiger partial charge in [-0.05, 0) is 66.5 Å². The van der Waals surface area contributed by atoms with Crippen molar-refractivity contribution in [3.8, 4) is 5.75 Å². The number of nitrogens with zero attached hydrogens (tertiary/aromatic N) is 2. The predicted molar refractivity (Wildman–Crippen MR) is 126 cm³/mol. The molecule has 1 heterocycles. The van der Waals surface area contributed by atoms with E-state index in [1.54, 1.807) is 12.1 Å². The molecule has 1 N–H and O–H groups in total. The van der Waals surface area contributed by atoms with E-state index in [1.807, 2.05) is 4.57 Å². The lowest BCUT2D eigenvalue weighted by Gasteiger charge is -2.45. The van der Waals surface area contributed by atoms with Crippen molar-refractivity contribution in [3.05, 3.63) is 48.0 Å². The number of benzene rings is 2. The highest BCUT2D eigenvalue weighted by atomic mass is 19.4. The molecule has 1 aliphatic carbocycles. The Morgan fingerprint density at radius 1 is 0.944 bits per heavy atom. The number of alkyl halides is 6. The van der Waals surface area contributed by atoms with Crippen LogP contribution in [0.4, 0.5) is 38.0 Å². The number of halogens is 6. The molecule has 0 bridgehead atoms. The van der Waals surface area contributed by atoms with Gasteiger partial charge in [-0.1, -0.05) is 27.7 Å². The van der Waals surface area contributed by atoms with Crippen molar-refractivity contribution in [2.45, 2.75) is 65.4 Å². The number of aromatic nitrogens is 2. The quantitative estimate of drug-likeness (QED) is 0.348. The van der Waals surface area contributed by atoms with E-state index in [9.17, 15) is 26.3 Å². The minimum Gasteiger partial charge on any atom is -0.484 e. The lowest BCUT2D eigenvalue weighted by atomic mass is 9.63. The Bertz CT molecular complexity index is 1210. The largest absolute Gasteiger partial charge is 0.484 e. The van der Waals surface area contributed by atoms with E-state index >= 15 is 0 Å². The second kappa shape index (κ2) is 8.88. The summed E-state index contributed by atoms with van der Waals surface area (Å²) in [5.41, 5.74) is 0.802. The Labute approximate surface area is 205 Å². The lowest BCUT2D eigenvalue weighted by molar-refractivity contribution is -0.153. The molecule has 3 aromatic rings. The molecule has 0 saturated heterocycles. The zero-order valence-corrected chi connectivity index (χ0v) is 20.5. The van der Waals surface area contributed by atoms with Crippen molar-refractivity contribution >= 4 is 22.7 Å². The van der Waals surface area contributed by atoms with Gasteiger partial charge in [0.15, 0.2) is 6.61 Å². The summed E-state index contributed by atoms with van der Waals surface area (Å²) >= 11 is 0. The van der Waals surface area contributed by atoms with Crippen molar-refractivity contribution in [1.29, 1.82) is 0 Å². The first-order valence-electron chi connectivity index (χ1n) is 11.7. The van der Waals surface area contributed by atoms with Crippen LogP contribution in [0.25, 0.3) is 11.0 Å². The van der Waals surface area contributed by atoms with E-state index in [4.69, 9.17) is 4.74 Å². The minimum absolute atomic E-state index is 0.000961. The molecule has 0 amide bonds. The standard InChI is InChI=1S/C26H29F6N3O/c1-23(2)12-18(13-24(3,4)14-23)35-21-11-19(36-15-25(27,28)29)9-10-20(21)34-22(35)33-17-7-5-16(6-8-17)26(30,31)32/h5-11,18H,12-15H2,1-4H3,(H,33,34). The molecule has 0 aliphatic heterocycles. The topological polar surface area (TPSA) is 39.1 Å². The summed E-state index contributed by atoms with van der Waals surface area (Å²) in [6, 6.07) is 9.18. The first-order chi connectivity index (χ1) is 16.5. The van der Waals surface area contributed by atoms with Gasteiger partial charge < -0.3 is 14.6 Å². The first kappa shape index (κ1) is 26.2. The third-order valence-electron chi connectivity index (χ3n) is 6.43. The second-order valence-electron chi connectivity index (χ2n) is 11.1. The van der Waals surface area contributed by atoms with Gasteiger partial charge in [0.25, 0.3) is 0 Å². The van der Waals surface area contributed by atoms with Gasteiger partial charge >= 0.3 is 12.4 Å². The van der Waals surface area contributed by atoms with E-state index in [1.165, 1.54) is 18.2 Å². The molecule has 0 radical (unpaired) electrons. The van der Waals surface area contributed by atoms with Crippen LogP contribution in [0.1, 0.15) is 58.6 Å². The van der Waals surface area contributed by atoms with Crippen molar-refractivity contribution in [2.24, 2.45) is 10.8 Å². The van der Waals surface area contributed by atoms with Crippen LogP contribution in [0, 0.1) is 10.8 Å². The Balaban J connectivity index is 1.77. The van der Waals surface area contributed by atoms with Crippen LogP contribution in [0.3, 0.4) is 0 Å². The monoisotopic (exact) mass is 513 g/mol. The van der Waals surface area contributed by atoms with Gasteiger partial charge in [0, 0.05) is 17.8 Å². The molecule has 4 rings (SSSR count). The highest BCUT2D eigenvalue weighted by Gasteiger charge is 2.40. The number of ether oxygens (including phenoxy) is 1.